The van der Waals surface area contributed by atoms with Crippen molar-refractivity contribution in [2.24, 2.45) is 5.92 Å². The second kappa shape index (κ2) is 8.53. The summed E-state index contributed by atoms with van der Waals surface area (Å²) < 4.78 is 5.08. The van der Waals surface area contributed by atoms with Crippen LogP contribution < -0.4 is 15.4 Å². The maximum atomic E-state index is 13.2. The molecule has 1 saturated carbocycles. The van der Waals surface area contributed by atoms with E-state index in [-0.39, 0.29) is 36.1 Å². The lowest BCUT2D eigenvalue weighted by Gasteiger charge is -2.34. The summed E-state index contributed by atoms with van der Waals surface area (Å²) in [4.78, 5) is 34.3. The molecular formula is C23H28N4O4. The van der Waals surface area contributed by atoms with E-state index >= 15 is 0 Å². The number of amides is 1. The molecule has 0 unspecified atom stereocenters. The first kappa shape index (κ1) is 21.1. The first-order valence-corrected chi connectivity index (χ1v) is 10.7. The van der Waals surface area contributed by atoms with Crippen LogP contribution in [-0.4, -0.2) is 40.1 Å². The zero-order valence-corrected chi connectivity index (χ0v) is 17.9. The topological polar surface area (TPSA) is 119 Å². The van der Waals surface area contributed by atoms with Crippen LogP contribution in [0, 0.1) is 5.92 Å². The zero-order chi connectivity index (χ0) is 22.1. The molecule has 31 heavy (non-hydrogen) atoms. The number of carbonyl (C=O) groups is 2. The van der Waals surface area contributed by atoms with Gasteiger partial charge < -0.3 is 20.5 Å². The second-order valence-corrected chi connectivity index (χ2v) is 8.55. The van der Waals surface area contributed by atoms with Crippen molar-refractivity contribution >= 4 is 23.4 Å². The van der Waals surface area contributed by atoms with Crippen LogP contribution >= 0.6 is 0 Å². The standard InChI is InChI=1S/C23H28N4O4/c1-13-11-18-20(21(24)26-23(25-18)31-2)22(30)27(13)17-9-7-16(8-10-17)15-5-3-14(4-6-15)12-19(28)29/h7-10,13-15H,3-6,11-12H2,1-2H3,(H,28,29)(H2,24,25,26)/t13-,14?,15?/m0/s1. The van der Waals surface area contributed by atoms with Crippen LogP contribution in [-0.2, 0) is 11.2 Å². The lowest BCUT2D eigenvalue weighted by Crippen LogP contribution is -2.45. The lowest BCUT2D eigenvalue weighted by atomic mass is 9.77. The Hall–Kier alpha value is -3.16. The van der Waals surface area contributed by atoms with Gasteiger partial charge in [-0.2, -0.15) is 9.97 Å². The van der Waals surface area contributed by atoms with Gasteiger partial charge >= 0.3 is 12.0 Å². The van der Waals surface area contributed by atoms with Crippen molar-refractivity contribution in [2.45, 2.75) is 57.4 Å². The molecule has 3 N–H and O–H groups in total. The summed E-state index contributed by atoms with van der Waals surface area (Å²) >= 11 is 0. The maximum absolute atomic E-state index is 13.2. The average Bonchev–Trinajstić information content (AvgIpc) is 2.73. The summed E-state index contributed by atoms with van der Waals surface area (Å²) in [7, 11) is 1.47. The van der Waals surface area contributed by atoms with Gasteiger partial charge in [0.25, 0.3) is 5.91 Å². The summed E-state index contributed by atoms with van der Waals surface area (Å²) in [5, 5.41) is 9.00. The van der Waals surface area contributed by atoms with Crippen LogP contribution in [0.4, 0.5) is 11.5 Å². The van der Waals surface area contributed by atoms with E-state index in [1.807, 2.05) is 19.1 Å². The number of nitrogens with two attached hydrogens (primary N) is 1. The third-order valence-electron chi connectivity index (χ3n) is 6.49. The number of carboxylic acid groups (broad SMARTS) is 1. The lowest BCUT2D eigenvalue weighted by molar-refractivity contribution is -0.138. The molecule has 8 nitrogen and oxygen atoms in total. The summed E-state index contributed by atoms with van der Waals surface area (Å²) in [5.41, 5.74) is 9.07. The highest BCUT2D eigenvalue weighted by molar-refractivity contribution is 6.11. The van der Waals surface area contributed by atoms with Crippen molar-refractivity contribution < 1.29 is 19.4 Å². The normalized spacial score (nSPS) is 23.4. The van der Waals surface area contributed by atoms with Crippen molar-refractivity contribution in [3.8, 4) is 6.01 Å². The second-order valence-electron chi connectivity index (χ2n) is 8.55. The van der Waals surface area contributed by atoms with Crippen molar-refractivity contribution in [1.82, 2.24) is 9.97 Å². The fraction of sp³-hybridized carbons (Fsp3) is 0.478. The first-order valence-electron chi connectivity index (χ1n) is 10.7. The summed E-state index contributed by atoms with van der Waals surface area (Å²) in [6.45, 7) is 1.99. The van der Waals surface area contributed by atoms with E-state index in [2.05, 4.69) is 22.1 Å². The molecule has 0 saturated heterocycles. The third-order valence-corrected chi connectivity index (χ3v) is 6.49. The van der Waals surface area contributed by atoms with Gasteiger partial charge in [0.15, 0.2) is 0 Å². The van der Waals surface area contributed by atoms with Gasteiger partial charge in [-0.3, -0.25) is 9.59 Å². The molecule has 1 aromatic carbocycles. The minimum Gasteiger partial charge on any atom is -0.481 e. The van der Waals surface area contributed by atoms with Crippen LogP contribution in [0.2, 0.25) is 0 Å². The van der Waals surface area contributed by atoms with Gasteiger partial charge in [0.05, 0.1) is 12.8 Å². The molecule has 1 aromatic heterocycles. The fourth-order valence-corrected chi connectivity index (χ4v) is 4.89. The highest BCUT2D eigenvalue weighted by atomic mass is 16.5. The number of carbonyl (C=O) groups excluding carboxylic acids is 1. The number of aromatic nitrogens is 2. The summed E-state index contributed by atoms with van der Waals surface area (Å²) in [6.07, 6.45) is 4.72. The number of anilines is 2. The number of rotatable bonds is 5. The fourth-order valence-electron chi connectivity index (χ4n) is 4.89. The predicted octanol–water partition coefficient (Wildman–Crippen LogP) is 3.41. The SMILES string of the molecule is COc1nc(N)c2c(n1)C[C@H](C)N(c1ccc(C3CCC(CC(=O)O)CC3)cc1)C2=O. The monoisotopic (exact) mass is 424 g/mol. The van der Waals surface area contributed by atoms with Gasteiger partial charge in [-0.05, 0) is 62.1 Å². The minimum atomic E-state index is -0.709. The average molecular weight is 425 g/mol. The zero-order valence-electron chi connectivity index (χ0n) is 17.9. The molecule has 1 amide bonds. The number of hydrogen-bond donors (Lipinski definition) is 2. The van der Waals surface area contributed by atoms with Crippen LogP contribution in [0.1, 0.15) is 66.6 Å². The Kier molecular flexibility index (Phi) is 5.80. The van der Waals surface area contributed by atoms with E-state index in [1.54, 1.807) is 4.90 Å². The van der Waals surface area contributed by atoms with Gasteiger partial charge in [0, 0.05) is 24.6 Å². The molecule has 4 rings (SSSR count). The van der Waals surface area contributed by atoms with E-state index in [0.29, 0.717) is 23.6 Å². The minimum absolute atomic E-state index is 0.0729. The number of nitrogen functional groups attached to an aromatic ring is 1. The molecule has 0 radical (unpaired) electrons. The van der Waals surface area contributed by atoms with Crippen LogP contribution in [0.15, 0.2) is 24.3 Å². The molecule has 0 spiro atoms. The number of fused-ring (bicyclic) bond motifs is 1. The van der Waals surface area contributed by atoms with Gasteiger partial charge in [-0.15, -0.1) is 0 Å². The Morgan fingerprint density at radius 3 is 2.48 bits per heavy atom. The van der Waals surface area contributed by atoms with E-state index < -0.39 is 5.97 Å². The van der Waals surface area contributed by atoms with E-state index in [1.165, 1.54) is 12.7 Å². The molecule has 2 aromatic rings. The van der Waals surface area contributed by atoms with E-state index in [0.717, 1.165) is 31.4 Å². The molecule has 0 bridgehead atoms. The van der Waals surface area contributed by atoms with Crippen LogP contribution in [0.25, 0.3) is 0 Å². The molecule has 2 aliphatic rings. The Bertz CT molecular complexity index is 984. The van der Waals surface area contributed by atoms with Crippen LogP contribution in [0.5, 0.6) is 6.01 Å². The number of benzene rings is 1. The molecule has 1 aliphatic heterocycles. The Labute approximate surface area is 181 Å². The summed E-state index contributed by atoms with van der Waals surface area (Å²) in [5.74, 6) is -0.0504. The molecular weight excluding hydrogens is 396 g/mol. The number of aliphatic carboxylic acids is 1. The molecule has 164 valence electrons. The Balaban J connectivity index is 1.50. The van der Waals surface area contributed by atoms with E-state index in [9.17, 15) is 9.59 Å². The largest absolute Gasteiger partial charge is 0.481 e. The summed E-state index contributed by atoms with van der Waals surface area (Å²) in [6, 6.07) is 8.24. The molecule has 1 atom stereocenters. The van der Waals surface area contributed by atoms with Crippen LogP contribution in [0.3, 0.4) is 0 Å². The number of hydrogen-bond acceptors (Lipinski definition) is 6. The quantitative estimate of drug-likeness (QED) is 0.755. The predicted molar refractivity (Wildman–Crippen MR) is 116 cm³/mol. The Morgan fingerprint density at radius 1 is 1.19 bits per heavy atom. The molecule has 8 heteroatoms. The van der Waals surface area contributed by atoms with Crippen molar-refractivity contribution in [1.29, 1.82) is 0 Å². The van der Waals surface area contributed by atoms with Gasteiger partial charge in [-0.25, -0.2) is 0 Å². The van der Waals surface area contributed by atoms with Crippen molar-refractivity contribution in [2.75, 3.05) is 17.7 Å². The number of ether oxygens (including phenoxy) is 1. The maximum Gasteiger partial charge on any atom is 0.318 e. The van der Waals surface area contributed by atoms with Crippen molar-refractivity contribution in [3.63, 3.8) is 0 Å². The van der Waals surface area contributed by atoms with Crippen molar-refractivity contribution in [3.05, 3.63) is 41.1 Å². The van der Waals surface area contributed by atoms with Gasteiger partial charge in [0.1, 0.15) is 11.4 Å². The first-order chi connectivity index (χ1) is 14.9. The Morgan fingerprint density at radius 2 is 1.87 bits per heavy atom. The highest BCUT2D eigenvalue weighted by Crippen LogP contribution is 2.38. The number of carboxylic acids is 1. The van der Waals surface area contributed by atoms with Gasteiger partial charge in [0.2, 0.25) is 0 Å². The third kappa shape index (κ3) is 4.19. The van der Waals surface area contributed by atoms with Gasteiger partial charge in [-0.1, -0.05) is 12.1 Å². The molecule has 1 fully saturated rings. The smallest absolute Gasteiger partial charge is 0.318 e. The number of nitrogens with zero attached hydrogens (tertiary/aromatic N) is 3. The number of methoxy groups -OCH3 is 1. The molecule has 2 heterocycles. The highest BCUT2D eigenvalue weighted by Gasteiger charge is 2.35. The van der Waals surface area contributed by atoms with E-state index in [4.69, 9.17) is 15.6 Å². The molecule has 1 aliphatic carbocycles.